The molecule has 0 amide bonds. The summed E-state index contributed by atoms with van der Waals surface area (Å²) in [5.74, 6) is 0.362. The van der Waals surface area contributed by atoms with Gasteiger partial charge in [0.05, 0.1) is 0 Å². The van der Waals surface area contributed by atoms with Crippen molar-refractivity contribution in [3.63, 3.8) is 0 Å². The van der Waals surface area contributed by atoms with E-state index in [0.717, 1.165) is 19.6 Å². The van der Waals surface area contributed by atoms with Crippen LogP contribution in [0, 0.1) is 5.92 Å². The Hall–Kier alpha value is -0.120. The predicted molar refractivity (Wildman–Crippen MR) is 47.4 cm³/mol. The maximum atomic E-state index is 8.79. The number of rotatable bonds is 6. The van der Waals surface area contributed by atoms with Crippen molar-refractivity contribution in [3.05, 3.63) is 0 Å². The number of nitrogens with zero attached hydrogens (tertiary/aromatic N) is 1. The zero-order valence-electron chi connectivity index (χ0n) is 7.58. The lowest BCUT2D eigenvalue weighted by molar-refractivity contribution is 0.179. The van der Waals surface area contributed by atoms with Crippen molar-refractivity contribution in [2.24, 2.45) is 11.7 Å². The first-order chi connectivity index (χ1) is 5.24. The second-order valence-electron chi connectivity index (χ2n) is 2.97. The fourth-order valence-electron chi connectivity index (χ4n) is 1.06. The lowest BCUT2D eigenvalue weighted by Gasteiger charge is -2.22. The van der Waals surface area contributed by atoms with Gasteiger partial charge in [-0.05, 0) is 12.5 Å². The topological polar surface area (TPSA) is 49.5 Å². The van der Waals surface area contributed by atoms with Crippen molar-refractivity contribution < 1.29 is 5.11 Å². The minimum Gasteiger partial charge on any atom is -0.396 e. The third kappa shape index (κ3) is 5.18. The number of nitrogens with two attached hydrogens (primary N) is 1. The molecule has 0 saturated heterocycles. The Labute approximate surface area is 69.2 Å². The molecule has 0 aromatic carbocycles. The van der Waals surface area contributed by atoms with Gasteiger partial charge >= 0.3 is 0 Å². The van der Waals surface area contributed by atoms with E-state index in [4.69, 9.17) is 10.8 Å². The highest BCUT2D eigenvalue weighted by Gasteiger charge is 2.05. The van der Waals surface area contributed by atoms with E-state index < -0.39 is 0 Å². The number of hydrogen-bond donors (Lipinski definition) is 2. The Morgan fingerprint density at radius 3 is 2.55 bits per heavy atom. The smallest absolute Gasteiger partial charge is 0.0468 e. The minimum atomic E-state index is 0.265. The molecule has 68 valence electrons. The predicted octanol–water partition coefficient (Wildman–Crippen LogP) is -0.105. The number of aliphatic hydroxyl groups excluding tert-OH is 1. The largest absolute Gasteiger partial charge is 0.396 e. The van der Waals surface area contributed by atoms with Gasteiger partial charge in [0.15, 0.2) is 0 Å². The van der Waals surface area contributed by atoms with Crippen molar-refractivity contribution in [2.75, 3.05) is 32.8 Å². The lowest BCUT2D eigenvalue weighted by Crippen LogP contribution is -2.33. The molecule has 0 aromatic rings. The maximum Gasteiger partial charge on any atom is 0.0468 e. The van der Waals surface area contributed by atoms with Crippen LogP contribution in [0.2, 0.25) is 0 Å². The van der Waals surface area contributed by atoms with Crippen molar-refractivity contribution >= 4 is 0 Å². The molecule has 1 atom stereocenters. The Balaban J connectivity index is 3.49. The fourth-order valence-corrected chi connectivity index (χ4v) is 1.06. The van der Waals surface area contributed by atoms with Gasteiger partial charge in [-0.1, -0.05) is 13.8 Å². The van der Waals surface area contributed by atoms with Crippen LogP contribution in [-0.2, 0) is 0 Å². The van der Waals surface area contributed by atoms with Gasteiger partial charge < -0.3 is 15.7 Å². The van der Waals surface area contributed by atoms with Gasteiger partial charge in [-0.25, -0.2) is 0 Å². The van der Waals surface area contributed by atoms with Gasteiger partial charge in [-0.3, -0.25) is 0 Å². The standard InChI is InChI=1S/C8H20N2O/c1-3-10(5-4-9)6-8(2)7-11/h8,11H,3-7,9H2,1-2H3. The molecule has 0 rings (SSSR count). The first-order valence-electron chi connectivity index (χ1n) is 4.27. The average molecular weight is 160 g/mol. The Morgan fingerprint density at radius 2 is 2.18 bits per heavy atom. The van der Waals surface area contributed by atoms with Crippen LogP contribution in [0.4, 0.5) is 0 Å². The van der Waals surface area contributed by atoms with Crippen LogP contribution in [-0.4, -0.2) is 42.8 Å². The Bertz CT molecular complexity index is 88.2. The van der Waals surface area contributed by atoms with E-state index in [1.807, 2.05) is 6.92 Å². The molecule has 0 aliphatic rings. The molecule has 0 aromatic heterocycles. The molecule has 0 bridgehead atoms. The average Bonchev–Trinajstić information content (AvgIpc) is 2.03. The highest BCUT2D eigenvalue weighted by atomic mass is 16.3. The fraction of sp³-hybridized carbons (Fsp3) is 1.00. The highest BCUT2D eigenvalue weighted by Crippen LogP contribution is 1.97. The first-order valence-corrected chi connectivity index (χ1v) is 4.27. The maximum absolute atomic E-state index is 8.79. The van der Waals surface area contributed by atoms with Crippen LogP contribution in [0.1, 0.15) is 13.8 Å². The molecule has 3 N–H and O–H groups in total. The van der Waals surface area contributed by atoms with Crippen LogP contribution < -0.4 is 5.73 Å². The molecule has 11 heavy (non-hydrogen) atoms. The number of aliphatic hydroxyl groups is 1. The van der Waals surface area contributed by atoms with Gasteiger partial charge in [0.2, 0.25) is 0 Å². The summed E-state index contributed by atoms with van der Waals surface area (Å²) >= 11 is 0. The van der Waals surface area contributed by atoms with Crippen molar-refractivity contribution in [1.82, 2.24) is 4.90 Å². The summed E-state index contributed by atoms with van der Waals surface area (Å²) in [7, 11) is 0. The van der Waals surface area contributed by atoms with Gasteiger partial charge in [-0.2, -0.15) is 0 Å². The van der Waals surface area contributed by atoms with Crippen LogP contribution in [0.3, 0.4) is 0 Å². The monoisotopic (exact) mass is 160 g/mol. The minimum absolute atomic E-state index is 0.265. The molecular weight excluding hydrogens is 140 g/mol. The molecule has 0 saturated carbocycles. The summed E-state index contributed by atoms with van der Waals surface area (Å²) in [6, 6.07) is 0. The van der Waals surface area contributed by atoms with E-state index in [2.05, 4.69) is 11.8 Å². The van der Waals surface area contributed by atoms with E-state index in [1.54, 1.807) is 0 Å². The third-order valence-electron chi connectivity index (χ3n) is 1.77. The molecule has 3 heteroatoms. The molecule has 0 fully saturated rings. The molecule has 0 aliphatic carbocycles. The van der Waals surface area contributed by atoms with Gasteiger partial charge in [0.1, 0.15) is 0 Å². The molecule has 0 heterocycles. The van der Waals surface area contributed by atoms with Crippen LogP contribution in [0.5, 0.6) is 0 Å². The molecule has 1 unspecified atom stereocenters. The number of likely N-dealkylation sites (N-methyl/N-ethyl adjacent to an activating group) is 1. The van der Waals surface area contributed by atoms with Crippen LogP contribution in [0.15, 0.2) is 0 Å². The normalized spacial score (nSPS) is 13.9. The summed E-state index contributed by atoms with van der Waals surface area (Å²) in [6.07, 6.45) is 0. The summed E-state index contributed by atoms with van der Waals surface area (Å²) in [4.78, 5) is 2.25. The van der Waals surface area contributed by atoms with Gasteiger partial charge in [-0.15, -0.1) is 0 Å². The van der Waals surface area contributed by atoms with E-state index in [9.17, 15) is 0 Å². The van der Waals surface area contributed by atoms with E-state index in [1.165, 1.54) is 0 Å². The molecule has 0 spiro atoms. The summed E-state index contributed by atoms with van der Waals surface area (Å²) < 4.78 is 0. The summed E-state index contributed by atoms with van der Waals surface area (Å²) in [5.41, 5.74) is 5.42. The van der Waals surface area contributed by atoms with E-state index in [-0.39, 0.29) is 6.61 Å². The summed E-state index contributed by atoms with van der Waals surface area (Å²) in [5, 5.41) is 8.79. The van der Waals surface area contributed by atoms with Gasteiger partial charge in [0.25, 0.3) is 0 Å². The lowest BCUT2D eigenvalue weighted by atomic mass is 10.2. The quantitative estimate of drug-likeness (QED) is 0.570. The third-order valence-corrected chi connectivity index (χ3v) is 1.77. The molecule has 0 aliphatic heterocycles. The van der Waals surface area contributed by atoms with Crippen LogP contribution in [0.25, 0.3) is 0 Å². The molecule has 0 radical (unpaired) electrons. The van der Waals surface area contributed by atoms with Crippen molar-refractivity contribution in [3.8, 4) is 0 Å². The Kier molecular flexibility index (Phi) is 6.51. The highest BCUT2D eigenvalue weighted by molar-refractivity contribution is 4.60. The molecular formula is C8H20N2O. The van der Waals surface area contributed by atoms with Crippen molar-refractivity contribution in [1.29, 1.82) is 0 Å². The van der Waals surface area contributed by atoms with E-state index in [0.29, 0.717) is 12.5 Å². The van der Waals surface area contributed by atoms with Gasteiger partial charge in [0, 0.05) is 26.2 Å². The number of hydrogen-bond acceptors (Lipinski definition) is 3. The van der Waals surface area contributed by atoms with Crippen molar-refractivity contribution in [2.45, 2.75) is 13.8 Å². The van der Waals surface area contributed by atoms with Crippen LogP contribution >= 0.6 is 0 Å². The Morgan fingerprint density at radius 1 is 1.55 bits per heavy atom. The zero-order chi connectivity index (χ0) is 8.69. The zero-order valence-corrected chi connectivity index (χ0v) is 7.58. The second-order valence-corrected chi connectivity index (χ2v) is 2.97. The van der Waals surface area contributed by atoms with E-state index >= 15 is 0 Å². The first kappa shape index (κ1) is 10.9. The molecule has 3 nitrogen and oxygen atoms in total. The SMILES string of the molecule is CCN(CCN)CC(C)CO. The summed E-state index contributed by atoms with van der Waals surface area (Å²) in [6.45, 7) is 8.01. The second kappa shape index (κ2) is 6.58.